The molecule has 128 valence electrons. The molecule has 5 nitrogen and oxygen atoms in total. The van der Waals surface area contributed by atoms with Crippen LogP contribution < -0.4 is 10.0 Å². The molecule has 1 unspecified atom stereocenters. The Morgan fingerprint density at radius 3 is 2.54 bits per heavy atom. The van der Waals surface area contributed by atoms with Crippen molar-refractivity contribution in [1.29, 1.82) is 0 Å². The molecule has 1 amide bonds. The van der Waals surface area contributed by atoms with Gasteiger partial charge in [-0.25, -0.2) is 8.42 Å². The number of nitrogens with one attached hydrogen (secondary N) is 2. The van der Waals surface area contributed by atoms with Crippen LogP contribution in [0.3, 0.4) is 0 Å². The number of hydrogen-bond acceptors (Lipinski definition) is 3. The van der Waals surface area contributed by atoms with Crippen LogP contribution >= 0.6 is 27.5 Å². The summed E-state index contributed by atoms with van der Waals surface area (Å²) in [5.74, 6) is -0.344. The lowest BCUT2D eigenvalue weighted by molar-refractivity contribution is 0.0940. The molecule has 2 aromatic rings. The fraction of sp³-hybridized carbons (Fsp3) is 0.188. The highest BCUT2D eigenvalue weighted by molar-refractivity contribution is 9.10. The largest absolute Gasteiger partial charge is 0.345 e. The topological polar surface area (TPSA) is 75.3 Å². The van der Waals surface area contributed by atoms with Crippen LogP contribution in [-0.2, 0) is 10.0 Å². The summed E-state index contributed by atoms with van der Waals surface area (Å²) in [7, 11) is -3.42. The molecule has 2 aromatic carbocycles. The Hall–Kier alpha value is -1.57. The molecule has 1 atom stereocenters. The highest BCUT2D eigenvalue weighted by Gasteiger charge is 2.17. The van der Waals surface area contributed by atoms with E-state index >= 15 is 0 Å². The molecule has 2 N–H and O–H groups in total. The number of anilines is 1. The summed E-state index contributed by atoms with van der Waals surface area (Å²) in [6.07, 6.45) is 1.08. The number of carbonyl (C=O) groups is 1. The molecule has 2 rings (SSSR count). The normalized spacial score (nSPS) is 12.5. The Morgan fingerprint density at radius 2 is 1.88 bits per heavy atom. The Labute approximate surface area is 154 Å². The summed E-state index contributed by atoms with van der Waals surface area (Å²) in [4.78, 5) is 12.4. The Balaban J connectivity index is 2.25. The predicted octanol–water partition coefficient (Wildman–Crippen LogP) is 3.97. The fourth-order valence-corrected chi connectivity index (χ4v) is 3.34. The van der Waals surface area contributed by atoms with Crippen LogP contribution in [0.4, 0.5) is 5.69 Å². The maximum Gasteiger partial charge on any atom is 0.253 e. The molecule has 0 saturated heterocycles. The van der Waals surface area contributed by atoms with Gasteiger partial charge in [0.25, 0.3) is 5.91 Å². The van der Waals surface area contributed by atoms with E-state index in [1.807, 2.05) is 0 Å². The van der Waals surface area contributed by atoms with Gasteiger partial charge in [-0.2, -0.15) is 0 Å². The average molecular weight is 432 g/mol. The van der Waals surface area contributed by atoms with Crippen molar-refractivity contribution in [3.63, 3.8) is 0 Å². The standard InChI is InChI=1S/C16H16BrClN2O3S/c1-10(12-5-3-4-6-15(12)20-24(2,22)23)19-16(21)13-9-11(17)7-8-14(13)18/h3-10,20H,1-2H3,(H,19,21). The Kier molecular flexibility index (Phi) is 5.90. The highest BCUT2D eigenvalue weighted by atomic mass is 79.9. The quantitative estimate of drug-likeness (QED) is 0.752. The molecule has 24 heavy (non-hydrogen) atoms. The second-order valence-corrected chi connectivity index (χ2v) is 8.35. The average Bonchev–Trinajstić information content (AvgIpc) is 2.48. The van der Waals surface area contributed by atoms with E-state index in [9.17, 15) is 13.2 Å². The SMILES string of the molecule is CC(NC(=O)c1cc(Br)ccc1Cl)c1ccccc1NS(C)(=O)=O. The minimum Gasteiger partial charge on any atom is -0.345 e. The number of halogens is 2. The molecule has 0 heterocycles. The number of sulfonamides is 1. The van der Waals surface area contributed by atoms with Gasteiger partial charge in [0, 0.05) is 4.47 Å². The smallest absolute Gasteiger partial charge is 0.253 e. The first-order chi connectivity index (χ1) is 11.2. The number of rotatable bonds is 5. The third-order valence-electron chi connectivity index (χ3n) is 3.24. The van der Waals surface area contributed by atoms with Crippen LogP contribution in [-0.4, -0.2) is 20.6 Å². The van der Waals surface area contributed by atoms with Gasteiger partial charge in [0.15, 0.2) is 0 Å². The third-order valence-corrected chi connectivity index (χ3v) is 4.66. The van der Waals surface area contributed by atoms with Gasteiger partial charge in [-0.1, -0.05) is 45.7 Å². The van der Waals surface area contributed by atoms with Crippen molar-refractivity contribution in [2.24, 2.45) is 0 Å². The van der Waals surface area contributed by atoms with Crippen molar-refractivity contribution in [2.45, 2.75) is 13.0 Å². The van der Waals surface area contributed by atoms with Gasteiger partial charge in [-0.15, -0.1) is 0 Å². The first-order valence-corrected chi connectivity index (χ1v) is 10.1. The fourth-order valence-electron chi connectivity index (χ4n) is 2.19. The summed E-state index contributed by atoms with van der Waals surface area (Å²) in [5, 5.41) is 3.17. The minimum atomic E-state index is -3.42. The number of para-hydroxylation sites is 1. The summed E-state index contributed by atoms with van der Waals surface area (Å²) in [6.45, 7) is 1.77. The van der Waals surface area contributed by atoms with Crippen LogP contribution in [0.15, 0.2) is 46.9 Å². The van der Waals surface area contributed by atoms with E-state index in [-0.39, 0.29) is 5.91 Å². The van der Waals surface area contributed by atoms with Crippen LogP contribution in [0.1, 0.15) is 28.9 Å². The Morgan fingerprint density at radius 1 is 1.21 bits per heavy atom. The summed E-state index contributed by atoms with van der Waals surface area (Å²) < 4.78 is 26.2. The van der Waals surface area contributed by atoms with E-state index in [1.54, 1.807) is 49.4 Å². The molecule has 0 fully saturated rings. The molecule has 0 aromatic heterocycles. The second-order valence-electron chi connectivity index (χ2n) is 5.28. The van der Waals surface area contributed by atoms with Crippen LogP contribution in [0.5, 0.6) is 0 Å². The van der Waals surface area contributed by atoms with Gasteiger partial charge < -0.3 is 5.32 Å². The van der Waals surface area contributed by atoms with Gasteiger partial charge in [0.05, 0.1) is 28.6 Å². The molecule has 0 aliphatic heterocycles. The number of benzene rings is 2. The molecule has 0 saturated carbocycles. The van der Waals surface area contributed by atoms with Crippen molar-refractivity contribution in [2.75, 3.05) is 11.0 Å². The van der Waals surface area contributed by atoms with E-state index in [0.717, 1.165) is 10.7 Å². The monoisotopic (exact) mass is 430 g/mol. The molecule has 8 heteroatoms. The zero-order chi connectivity index (χ0) is 17.9. The van der Waals surface area contributed by atoms with E-state index in [4.69, 9.17) is 11.6 Å². The maximum atomic E-state index is 12.4. The number of hydrogen-bond donors (Lipinski definition) is 2. The van der Waals surface area contributed by atoms with Crippen molar-refractivity contribution >= 4 is 49.1 Å². The summed E-state index contributed by atoms with van der Waals surface area (Å²) in [6, 6.07) is 11.5. The van der Waals surface area contributed by atoms with E-state index < -0.39 is 16.1 Å². The highest BCUT2D eigenvalue weighted by Crippen LogP contribution is 2.25. The van der Waals surface area contributed by atoms with Crippen molar-refractivity contribution < 1.29 is 13.2 Å². The zero-order valence-corrected chi connectivity index (χ0v) is 16.2. The van der Waals surface area contributed by atoms with Crippen molar-refractivity contribution in [3.05, 3.63) is 63.1 Å². The van der Waals surface area contributed by atoms with Gasteiger partial charge in [-0.3, -0.25) is 9.52 Å². The van der Waals surface area contributed by atoms with Crippen LogP contribution in [0, 0.1) is 0 Å². The second kappa shape index (κ2) is 7.55. The van der Waals surface area contributed by atoms with Gasteiger partial charge in [0.2, 0.25) is 10.0 Å². The minimum absolute atomic E-state index is 0.338. The first kappa shape index (κ1) is 18.8. The van der Waals surface area contributed by atoms with Crippen molar-refractivity contribution in [3.8, 4) is 0 Å². The molecular formula is C16H16BrClN2O3S. The number of amides is 1. The lowest BCUT2D eigenvalue weighted by Crippen LogP contribution is -2.27. The molecule has 0 spiro atoms. The van der Waals surface area contributed by atoms with Crippen LogP contribution in [0.2, 0.25) is 5.02 Å². The molecule has 0 aliphatic rings. The number of carbonyl (C=O) groups excluding carboxylic acids is 1. The summed E-state index contributed by atoms with van der Waals surface area (Å²) in [5.41, 5.74) is 1.42. The molecule has 0 aliphatic carbocycles. The van der Waals surface area contributed by atoms with Crippen molar-refractivity contribution in [1.82, 2.24) is 5.32 Å². The third kappa shape index (κ3) is 4.96. The molecular weight excluding hydrogens is 416 g/mol. The van der Waals surface area contributed by atoms with Gasteiger partial charge in [-0.05, 0) is 36.8 Å². The summed E-state index contributed by atoms with van der Waals surface area (Å²) >= 11 is 9.37. The Bertz CT molecular complexity index is 871. The lowest BCUT2D eigenvalue weighted by atomic mass is 10.1. The van der Waals surface area contributed by atoms with Crippen LogP contribution in [0.25, 0.3) is 0 Å². The van der Waals surface area contributed by atoms with E-state index in [2.05, 4.69) is 26.0 Å². The lowest BCUT2D eigenvalue weighted by Gasteiger charge is -2.19. The van der Waals surface area contributed by atoms with E-state index in [0.29, 0.717) is 21.8 Å². The molecule has 0 bridgehead atoms. The first-order valence-electron chi connectivity index (χ1n) is 7.00. The predicted molar refractivity (Wildman–Crippen MR) is 99.9 cm³/mol. The zero-order valence-electron chi connectivity index (χ0n) is 13.0. The maximum absolute atomic E-state index is 12.4. The van der Waals surface area contributed by atoms with Gasteiger partial charge in [0.1, 0.15) is 0 Å². The van der Waals surface area contributed by atoms with Gasteiger partial charge >= 0.3 is 0 Å². The van der Waals surface area contributed by atoms with E-state index in [1.165, 1.54) is 0 Å². The molecule has 0 radical (unpaired) electrons.